The van der Waals surface area contributed by atoms with Gasteiger partial charge in [0, 0.05) is 6.04 Å². The van der Waals surface area contributed by atoms with Crippen LogP contribution < -0.4 is 5.32 Å². The van der Waals surface area contributed by atoms with Crippen molar-refractivity contribution in [2.45, 2.75) is 54.7 Å². The number of aromatic nitrogens is 2. The molecule has 2 N–H and O–H groups in total. The number of nitrogens with one attached hydrogen (secondary N) is 2. The van der Waals surface area contributed by atoms with Gasteiger partial charge in [0.15, 0.2) is 5.82 Å². The minimum absolute atomic E-state index is 0.00866. The summed E-state index contributed by atoms with van der Waals surface area (Å²) in [6, 6.07) is 8.50. The average Bonchev–Trinajstić information content (AvgIpc) is 3.18. The molecule has 6 nitrogen and oxygen atoms in total. The van der Waals surface area contributed by atoms with Crippen LogP contribution in [0.25, 0.3) is 11.0 Å². The zero-order valence-electron chi connectivity index (χ0n) is 17.5. The molecular weight excluding hydrogens is 462 g/mol. The van der Waals surface area contributed by atoms with Crippen molar-refractivity contribution in [3.8, 4) is 0 Å². The first-order valence-electron chi connectivity index (χ1n) is 10.3. The van der Waals surface area contributed by atoms with E-state index in [0.29, 0.717) is 5.56 Å². The van der Waals surface area contributed by atoms with Crippen LogP contribution in [0.5, 0.6) is 0 Å². The first-order chi connectivity index (χ1) is 15.4. The molecule has 0 saturated heterocycles. The molecular formula is C22H21F4N3O3S. The highest BCUT2D eigenvalue weighted by Crippen LogP contribution is 2.40. The van der Waals surface area contributed by atoms with Crippen molar-refractivity contribution in [3.63, 3.8) is 0 Å². The lowest BCUT2D eigenvalue weighted by Gasteiger charge is -2.33. The zero-order chi connectivity index (χ0) is 24.0. The predicted octanol–water partition coefficient (Wildman–Crippen LogP) is 4.70. The third-order valence-electron chi connectivity index (χ3n) is 5.87. The van der Waals surface area contributed by atoms with Crippen molar-refractivity contribution in [3.05, 3.63) is 59.4 Å². The molecule has 0 radical (unpaired) electrons. The monoisotopic (exact) mass is 483 g/mol. The van der Waals surface area contributed by atoms with Crippen molar-refractivity contribution >= 4 is 26.8 Å². The number of hydrogen-bond donors (Lipinski definition) is 2. The Kier molecular flexibility index (Phi) is 5.71. The van der Waals surface area contributed by atoms with Crippen LogP contribution in [0.1, 0.15) is 47.4 Å². The molecule has 176 valence electrons. The van der Waals surface area contributed by atoms with Crippen LogP contribution in [0.4, 0.5) is 17.6 Å². The van der Waals surface area contributed by atoms with Crippen LogP contribution in [-0.4, -0.2) is 35.3 Å². The molecule has 0 unspecified atom stereocenters. The first-order valence-corrected chi connectivity index (χ1v) is 11.8. The number of aromatic amines is 1. The van der Waals surface area contributed by atoms with Crippen molar-refractivity contribution < 1.29 is 30.8 Å². The average molecular weight is 483 g/mol. The molecule has 4 rings (SSSR count). The largest absolute Gasteiger partial charge is 0.416 e. The topological polar surface area (TPSA) is 91.9 Å². The van der Waals surface area contributed by atoms with Gasteiger partial charge in [0.2, 0.25) is 14.8 Å². The molecule has 0 aliphatic heterocycles. The summed E-state index contributed by atoms with van der Waals surface area (Å²) in [5, 5.41) is 0.228. The molecule has 33 heavy (non-hydrogen) atoms. The van der Waals surface area contributed by atoms with Crippen molar-refractivity contribution in [2.24, 2.45) is 0 Å². The summed E-state index contributed by atoms with van der Waals surface area (Å²) in [6.45, 7) is 1.72. The van der Waals surface area contributed by atoms with Gasteiger partial charge in [-0.05, 0) is 68.5 Å². The molecule has 3 aromatic rings. The molecule has 0 bridgehead atoms. The minimum Gasteiger partial charge on any atom is -0.347 e. The van der Waals surface area contributed by atoms with Gasteiger partial charge in [-0.3, -0.25) is 4.79 Å². The van der Waals surface area contributed by atoms with Crippen molar-refractivity contribution in [1.82, 2.24) is 15.3 Å². The van der Waals surface area contributed by atoms with Crippen LogP contribution in [0.15, 0.2) is 47.4 Å². The maximum atomic E-state index is 15.5. The fourth-order valence-corrected chi connectivity index (χ4v) is 5.79. The van der Waals surface area contributed by atoms with Crippen LogP contribution >= 0.6 is 0 Å². The van der Waals surface area contributed by atoms with Crippen LogP contribution in [-0.2, 0) is 16.0 Å². The zero-order valence-corrected chi connectivity index (χ0v) is 18.4. The van der Waals surface area contributed by atoms with Crippen molar-refractivity contribution in [1.29, 1.82) is 0 Å². The number of alkyl halides is 4. The Labute approximate surface area is 187 Å². The van der Waals surface area contributed by atoms with Gasteiger partial charge in [-0.2, -0.15) is 13.2 Å². The second kappa shape index (κ2) is 8.12. The van der Waals surface area contributed by atoms with Gasteiger partial charge in [0.1, 0.15) is 0 Å². The molecule has 1 saturated carbocycles. The Morgan fingerprint density at radius 2 is 1.85 bits per heavy atom. The number of benzene rings is 2. The van der Waals surface area contributed by atoms with E-state index in [1.807, 2.05) is 0 Å². The highest BCUT2D eigenvalue weighted by molar-refractivity contribution is 7.92. The van der Waals surface area contributed by atoms with Gasteiger partial charge in [-0.1, -0.05) is 12.1 Å². The Morgan fingerprint density at radius 1 is 1.15 bits per heavy atom. The van der Waals surface area contributed by atoms with E-state index in [0.717, 1.165) is 12.1 Å². The summed E-state index contributed by atoms with van der Waals surface area (Å²) < 4.78 is 79.8. The predicted molar refractivity (Wildman–Crippen MR) is 113 cm³/mol. The number of carbonyl (C=O) groups excluding carboxylic acids is 1. The number of imidazole rings is 1. The minimum atomic E-state index is -4.53. The normalized spacial score (nSPS) is 21.8. The maximum absolute atomic E-state index is 15.5. The molecule has 0 spiro atoms. The molecule has 1 heterocycles. The summed E-state index contributed by atoms with van der Waals surface area (Å²) in [7, 11) is -4.21. The standard InChI is InChI=1S/C22H21F4N3O3S/c1-13-3-2-4-16(11-13)33(31,32)21(23)9-7-15(8-10-21)27-20(30)19-28-17-6-5-14(22(24,25)26)12-18(17)29-19/h2-6,11-12,15H,7-10H2,1H3,(H,27,30)(H,28,29)/t15-,21+. The maximum Gasteiger partial charge on any atom is 0.416 e. The Hall–Kier alpha value is -2.95. The number of halogens is 4. The molecule has 1 aliphatic rings. The number of aryl methyl sites for hydroxylation is 1. The number of fused-ring (bicyclic) bond motifs is 1. The lowest BCUT2D eigenvalue weighted by atomic mass is 9.93. The number of rotatable bonds is 4. The molecule has 1 aromatic heterocycles. The molecule has 1 fully saturated rings. The smallest absolute Gasteiger partial charge is 0.347 e. The van der Waals surface area contributed by atoms with Crippen LogP contribution in [0, 0.1) is 6.92 Å². The van der Waals surface area contributed by atoms with E-state index >= 15 is 4.39 Å². The van der Waals surface area contributed by atoms with E-state index in [1.54, 1.807) is 19.1 Å². The van der Waals surface area contributed by atoms with Crippen LogP contribution in [0.3, 0.4) is 0 Å². The second-order valence-electron chi connectivity index (χ2n) is 8.27. The lowest BCUT2D eigenvalue weighted by molar-refractivity contribution is -0.137. The van der Waals surface area contributed by atoms with E-state index in [1.165, 1.54) is 18.2 Å². The third-order valence-corrected chi connectivity index (χ3v) is 8.12. The molecule has 1 amide bonds. The summed E-state index contributed by atoms with van der Waals surface area (Å²) in [6.07, 6.45) is -4.93. The van der Waals surface area contributed by atoms with Gasteiger partial charge in [-0.25, -0.2) is 17.8 Å². The fourth-order valence-electron chi connectivity index (χ4n) is 4.00. The third kappa shape index (κ3) is 4.46. The Morgan fingerprint density at radius 3 is 2.48 bits per heavy atom. The van der Waals surface area contributed by atoms with E-state index in [9.17, 15) is 26.4 Å². The molecule has 2 aromatic carbocycles. The number of nitrogens with zero attached hydrogens (tertiary/aromatic N) is 1. The quantitative estimate of drug-likeness (QED) is 0.526. The molecule has 1 aliphatic carbocycles. The van der Waals surface area contributed by atoms with Gasteiger partial charge >= 0.3 is 6.18 Å². The van der Waals surface area contributed by atoms with E-state index < -0.39 is 38.5 Å². The molecule has 11 heteroatoms. The number of amides is 1. The lowest BCUT2D eigenvalue weighted by Crippen LogP contribution is -2.45. The van der Waals surface area contributed by atoms with Crippen LogP contribution in [0.2, 0.25) is 0 Å². The Bertz CT molecular complexity index is 1310. The SMILES string of the molecule is Cc1cccc(S(=O)(=O)[C@]2(F)CC[C@H](NC(=O)c3nc4cc(C(F)(F)F)ccc4[nH]3)CC2)c1. The molecule has 0 atom stereocenters. The van der Waals surface area contributed by atoms with E-state index in [2.05, 4.69) is 15.3 Å². The summed E-state index contributed by atoms with van der Waals surface area (Å²) in [5.41, 5.74) is 0.0816. The second-order valence-corrected chi connectivity index (χ2v) is 10.5. The number of sulfone groups is 1. The Balaban J connectivity index is 1.44. The number of hydrogen-bond acceptors (Lipinski definition) is 4. The van der Waals surface area contributed by atoms with E-state index in [4.69, 9.17) is 0 Å². The van der Waals surface area contributed by atoms with Gasteiger partial charge in [0.05, 0.1) is 21.5 Å². The summed E-state index contributed by atoms with van der Waals surface area (Å²) in [4.78, 5) is 19.1. The highest BCUT2D eigenvalue weighted by atomic mass is 32.2. The highest BCUT2D eigenvalue weighted by Gasteiger charge is 2.48. The fraction of sp³-hybridized carbons (Fsp3) is 0.364. The van der Waals surface area contributed by atoms with E-state index in [-0.39, 0.29) is 47.4 Å². The summed E-state index contributed by atoms with van der Waals surface area (Å²) in [5.74, 6) is -0.827. The number of carbonyl (C=O) groups is 1. The van der Waals surface area contributed by atoms with Crippen molar-refractivity contribution in [2.75, 3.05) is 0 Å². The van der Waals surface area contributed by atoms with Gasteiger partial charge < -0.3 is 10.3 Å². The van der Waals surface area contributed by atoms with Gasteiger partial charge in [-0.15, -0.1) is 0 Å². The first kappa shape index (κ1) is 23.2. The van der Waals surface area contributed by atoms with Gasteiger partial charge in [0.25, 0.3) is 5.91 Å². The number of H-pyrrole nitrogens is 1. The summed E-state index contributed by atoms with van der Waals surface area (Å²) >= 11 is 0.